The number of para-hydroxylation sites is 2. The molecule has 160 valence electrons. The summed E-state index contributed by atoms with van der Waals surface area (Å²) in [6, 6.07) is 7.47. The van der Waals surface area contributed by atoms with Gasteiger partial charge in [-0.15, -0.1) is 0 Å². The zero-order valence-electron chi connectivity index (χ0n) is 17.7. The monoisotopic (exact) mass is 402 g/mol. The molecule has 2 aliphatic rings. The van der Waals surface area contributed by atoms with E-state index in [2.05, 4.69) is 22.0 Å². The number of benzene rings is 1. The van der Waals surface area contributed by atoms with E-state index in [1.165, 1.54) is 0 Å². The third kappa shape index (κ3) is 5.93. The van der Waals surface area contributed by atoms with Crippen molar-refractivity contribution in [3.05, 3.63) is 24.3 Å². The second-order valence-corrected chi connectivity index (χ2v) is 7.80. The molecule has 0 bridgehead atoms. The van der Waals surface area contributed by atoms with Crippen molar-refractivity contribution < 1.29 is 14.3 Å². The lowest BCUT2D eigenvalue weighted by atomic mass is 10.1. The standard InChI is InChI=1S/C22H34N4O3/c1-3-24-14-16-25(17-15-24)12-7-6-11-23-21(27)10-13-26-19-8-4-5-9-20(19)29-18(2)22(26)28/h4-5,8-9,18H,3,6-7,10-17H2,1-2H3,(H,23,27). The Hall–Kier alpha value is -2.12. The SMILES string of the molecule is CCN1CCN(CCCCNC(=O)CCN2C(=O)C(C)Oc3ccccc32)CC1. The summed E-state index contributed by atoms with van der Waals surface area (Å²) in [4.78, 5) is 31.3. The molecule has 0 spiro atoms. The number of carbonyl (C=O) groups excluding carboxylic acids is 2. The first kappa shape index (κ1) is 21.6. The van der Waals surface area contributed by atoms with Crippen molar-refractivity contribution >= 4 is 17.5 Å². The number of nitrogens with zero attached hydrogens (tertiary/aromatic N) is 3. The van der Waals surface area contributed by atoms with Crippen molar-refractivity contribution in [1.29, 1.82) is 0 Å². The number of unbranched alkanes of at least 4 members (excludes halogenated alkanes) is 1. The van der Waals surface area contributed by atoms with Crippen LogP contribution in [0.25, 0.3) is 0 Å². The van der Waals surface area contributed by atoms with Crippen molar-refractivity contribution in [2.45, 2.75) is 39.2 Å². The number of hydrogen-bond acceptors (Lipinski definition) is 5. The molecule has 2 amide bonds. The van der Waals surface area contributed by atoms with Gasteiger partial charge in [-0.1, -0.05) is 19.1 Å². The van der Waals surface area contributed by atoms with Crippen LogP contribution in [-0.2, 0) is 9.59 Å². The first-order valence-electron chi connectivity index (χ1n) is 10.9. The summed E-state index contributed by atoms with van der Waals surface area (Å²) >= 11 is 0. The maximum atomic E-state index is 12.5. The van der Waals surface area contributed by atoms with Gasteiger partial charge in [0.15, 0.2) is 6.10 Å². The number of rotatable bonds is 9. The summed E-state index contributed by atoms with van der Waals surface area (Å²) in [6.07, 6.45) is 1.85. The number of ether oxygens (including phenoxy) is 1. The fourth-order valence-electron chi connectivity index (χ4n) is 3.91. The van der Waals surface area contributed by atoms with Crippen molar-refractivity contribution in [1.82, 2.24) is 15.1 Å². The summed E-state index contributed by atoms with van der Waals surface area (Å²) in [5, 5.41) is 2.99. The third-order valence-corrected chi connectivity index (χ3v) is 5.77. The zero-order chi connectivity index (χ0) is 20.6. The molecule has 0 aliphatic carbocycles. The quantitative estimate of drug-likeness (QED) is 0.637. The molecule has 0 aromatic heterocycles. The van der Waals surface area contributed by atoms with Gasteiger partial charge in [0.2, 0.25) is 5.91 Å². The van der Waals surface area contributed by atoms with Crippen LogP contribution in [0.4, 0.5) is 5.69 Å². The molecular weight excluding hydrogens is 368 g/mol. The highest BCUT2D eigenvalue weighted by Gasteiger charge is 2.31. The van der Waals surface area contributed by atoms with Gasteiger partial charge in [-0.25, -0.2) is 0 Å². The number of piperazine rings is 1. The van der Waals surface area contributed by atoms with E-state index < -0.39 is 6.10 Å². The normalized spacial score (nSPS) is 20.3. The van der Waals surface area contributed by atoms with Crippen molar-refractivity contribution in [3.8, 4) is 5.75 Å². The predicted molar refractivity (Wildman–Crippen MR) is 114 cm³/mol. The zero-order valence-corrected chi connectivity index (χ0v) is 17.7. The van der Waals surface area contributed by atoms with Crippen molar-refractivity contribution in [3.63, 3.8) is 0 Å². The first-order valence-corrected chi connectivity index (χ1v) is 10.9. The summed E-state index contributed by atoms with van der Waals surface area (Å²) in [5.41, 5.74) is 0.742. The smallest absolute Gasteiger partial charge is 0.267 e. The number of hydrogen-bond donors (Lipinski definition) is 1. The molecule has 7 nitrogen and oxygen atoms in total. The Balaban J connectivity index is 1.33. The molecule has 2 heterocycles. The number of carbonyl (C=O) groups is 2. The maximum Gasteiger partial charge on any atom is 0.267 e. The second kappa shape index (κ2) is 10.6. The molecule has 7 heteroatoms. The minimum absolute atomic E-state index is 0.00835. The molecule has 2 aliphatic heterocycles. The molecule has 0 radical (unpaired) electrons. The highest BCUT2D eigenvalue weighted by atomic mass is 16.5. The number of anilines is 1. The highest BCUT2D eigenvalue weighted by Crippen LogP contribution is 2.33. The number of fused-ring (bicyclic) bond motifs is 1. The highest BCUT2D eigenvalue weighted by molar-refractivity contribution is 6.00. The minimum Gasteiger partial charge on any atom is -0.479 e. The molecule has 0 saturated carbocycles. The fourth-order valence-corrected chi connectivity index (χ4v) is 3.91. The van der Waals surface area contributed by atoms with Crippen LogP contribution in [0, 0.1) is 0 Å². The third-order valence-electron chi connectivity index (χ3n) is 5.77. The fraction of sp³-hybridized carbons (Fsp3) is 0.636. The molecule has 1 aromatic rings. The van der Waals surface area contributed by atoms with Crippen LogP contribution in [0.5, 0.6) is 5.75 Å². The average Bonchev–Trinajstić information content (AvgIpc) is 2.74. The largest absolute Gasteiger partial charge is 0.479 e. The van der Waals surface area contributed by atoms with Gasteiger partial charge in [0.25, 0.3) is 5.91 Å². The van der Waals surface area contributed by atoms with Crippen LogP contribution in [0.2, 0.25) is 0 Å². The van der Waals surface area contributed by atoms with E-state index in [9.17, 15) is 9.59 Å². The Labute approximate surface area is 174 Å². The lowest BCUT2D eigenvalue weighted by Gasteiger charge is -2.34. The molecule has 3 rings (SSSR count). The van der Waals surface area contributed by atoms with E-state index in [1.54, 1.807) is 11.8 Å². The van der Waals surface area contributed by atoms with Gasteiger partial charge in [-0.05, 0) is 45.0 Å². The summed E-state index contributed by atoms with van der Waals surface area (Å²) in [6.45, 7) is 11.9. The van der Waals surface area contributed by atoms with Crippen LogP contribution < -0.4 is 15.0 Å². The first-order chi connectivity index (χ1) is 14.1. The maximum absolute atomic E-state index is 12.5. The molecule has 1 fully saturated rings. The molecular formula is C22H34N4O3. The van der Waals surface area contributed by atoms with Crippen LogP contribution >= 0.6 is 0 Å². The van der Waals surface area contributed by atoms with Crippen LogP contribution in [0.15, 0.2) is 24.3 Å². The average molecular weight is 403 g/mol. The van der Waals surface area contributed by atoms with Crippen molar-refractivity contribution in [2.75, 3.05) is 57.3 Å². The van der Waals surface area contributed by atoms with Gasteiger partial charge in [0.05, 0.1) is 5.69 Å². The Morgan fingerprint density at radius 3 is 2.59 bits per heavy atom. The molecule has 1 N–H and O–H groups in total. The van der Waals surface area contributed by atoms with Crippen LogP contribution in [0.1, 0.15) is 33.1 Å². The Bertz CT molecular complexity index is 688. The number of nitrogens with one attached hydrogen (secondary N) is 1. The van der Waals surface area contributed by atoms with E-state index in [4.69, 9.17) is 4.74 Å². The van der Waals surface area contributed by atoms with Gasteiger partial charge in [0, 0.05) is 45.7 Å². The van der Waals surface area contributed by atoms with E-state index in [0.717, 1.165) is 57.8 Å². The van der Waals surface area contributed by atoms with Crippen LogP contribution in [-0.4, -0.2) is 80.1 Å². The lowest BCUT2D eigenvalue weighted by molar-refractivity contribution is -0.125. The minimum atomic E-state index is -0.521. The van der Waals surface area contributed by atoms with E-state index in [1.807, 2.05) is 24.3 Å². The number of amides is 2. The van der Waals surface area contributed by atoms with Crippen molar-refractivity contribution in [2.24, 2.45) is 0 Å². The number of likely N-dealkylation sites (N-methyl/N-ethyl adjacent to an activating group) is 1. The molecule has 1 atom stereocenters. The molecule has 1 aromatic carbocycles. The molecule has 1 saturated heterocycles. The van der Waals surface area contributed by atoms with E-state index in [-0.39, 0.29) is 11.8 Å². The molecule has 29 heavy (non-hydrogen) atoms. The summed E-state index contributed by atoms with van der Waals surface area (Å²) < 4.78 is 5.64. The van der Waals surface area contributed by atoms with E-state index in [0.29, 0.717) is 25.3 Å². The predicted octanol–water partition coefficient (Wildman–Crippen LogP) is 1.72. The van der Waals surface area contributed by atoms with Gasteiger partial charge in [0.1, 0.15) is 5.75 Å². The Morgan fingerprint density at radius 1 is 1.10 bits per heavy atom. The van der Waals surface area contributed by atoms with E-state index >= 15 is 0 Å². The Morgan fingerprint density at radius 2 is 1.83 bits per heavy atom. The van der Waals surface area contributed by atoms with Gasteiger partial charge < -0.3 is 24.8 Å². The van der Waals surface area contributed by atoms with Crippen LogP contribution in [0.3, 0.4) is 0 Å². The van der Waals surface area contributed by atoms with Gasteiger partial charge in [-0.2, -0.15) is 0 Å². The topological polar surface area (TPSA) is 65.1 Å². The lowest BCUT2D eigenvalue weighted by Crippen LogP contribution is -2.46. The summed E-state index contributed by atoms with van der Waals surface area (Å²) in [7, 11) is 0. The Kier molecular flexibility index (Phi) is 7.89. The van der Waals surface area contributed by atoms with Gasteiger partial charge >= 0.3 is 0 Å². The summed E-state index contributed by atoms with van der Waals surface area (Å²) in [5.74, 6) is 0.588. The molecule has 1 unspecified atom stereocenters. The second-order valence-electron chi connectivity index (χ2n) is 7.80. The van der Waals surface area contributed by atoms with Gasteiger partial charge in [-0.3, -0.25) is 9.59 Å².